The van der Waals surface area contributed by atoms with Crippen molar-refractivity contribution in [3.63, 3.8) is 0 Å². The molecule has 5 heteroatoms. The molecule has 0 aliphatic heterocycles. The highest BCUT2D eigenvalue weighted by Crippen LogP contribution is 2.26. The first kappa shape index (κ1) is 16.1. The number of aryl methyl sites for hydroxylation is 1. The first-order chi connectivity index (χ1) is 11.8. The number of aromatic nitrogens is 1. The van der Waals surface area contributed by atoms with Gasteiger partial charge in [0.1, 0.15) is 11.3 Å². The quantitative estimate of drug-likeness (QED) is 0.491. The molecule has 124 valence electrons. The van der Waals surface area contributed by atoms with Gasteiger partial charge in [-0.15, -0.1) is 0 Å². The van der Waals surface area contributed by atoms with E-state index < -0.39 is 0 Å². The molecule has 0 bridgehead atoms. The minimum Gasteiger partial charge on any atom is -0.497 e. The Balaban J connectivity index is 1.50. The van der Waals surface area contributed by atoms with E-state index in [1.54, 1.807) is 25.6 Å². The number of furan rings is 1. The maximum atomic E-state index is 12.0. The number of nitrogens with zero attached hydrogens (tertiary/aromatic N) is 1. The van der Waals surface area contributed by atoms with E-state index in [1.807, 2.05) is 30.5 Å². The Hall–Kier alpha value is -2.82. The molecule has 2 aromatic heterocycles. The Labute approximate surface area is 140 Å². The van der Waals surface area contributed by atoms with Crippen LogP contribution in [0.2, 0.25) is 0 Å². The van der Waals surface area contributed by atoms with E-state index in [4.69, 9.17) is 13.9 Å². The maximum absolute atomic E-state index is 12.0. The molecule has 0 unspecified atom stereocenters. The molecule has 24 heavy (non-hydrogen) atoms. The standard InChI is InChI=1S/C19H19NO4/c1-22-16-6-7-17-15(13-24-18(17)11-16)10-19(21)23-9-3-5-14-4-2-8-20-12-14/h2,4,6-8,11-13H,3,5,9-10H2,1H3. The van der Waals surface area contributed by atoms with Gasteiger partial charge in [0.25, 0.3) is 0 Å². The fourth-order valence-electron chi connectivity index (χ4n) is 2.54. The number of hydrogen-bond acceptors (Lipinski definition) is 5. The SMILES string of the molecule is COc1ccc2c(CC(=O)OCCCc3cccnc3)coc2c1. The van der Waals surface area contributed by atoms with Gasteiger partial charge >= 0.3 is 5.97 Å². The molecular formula is C19H19NO4. The highest BCUT2D eigenvalue weighted by Gasteiger charge is 2.12. The third kappa shape index (κ3) is 3.93. The molecule has 1 aromatic carbocycles. The summed E-state index contributed by atoms with van der Waals surface area (Å²) in [4.78, 5) is 16.1. The lowest BCUT2D eigenvalue weighted by molar-refractivity contribution is -0.142. The molecule has 0 saturated carbocycles. The van der Waals surface area contributed by atoms with Crippen molar-refractivity contribution >= 4 is 16.9 Å². The van der Waals surface area contributed by atoms with Gasteiger partial charge < -0.3 is 13.9 Å². The van der Waals surface area contributed by atoms with Gasteiger partial charge in [0.2, 0.25) is 0 Å². The van der Waals surface area contributed by atoms with Crippen molar-refractivity contribution in [1.29, 1.82) is 0 Å². The van der Waals surface area contributed by atoms with Crippen molar-refractivity contribution in [3.05, 3.63) is 60.1 Å². The van der Waals surface area contributed by atoms with E-state index in [2.05, 4.69) is 4.98 Å². The predicted molar refractivity (Wildman–Crippen MR) is 90.0 cm³/mol. The Bertz CT molecular complexity index is 811. The monoisotopic (exact) mass is 325 g/mol. The zero-order valence-electron chi connectivity index (χ0n) is 13.5. The summed E-state index contributed by atoms with van der Waals surface area (Å²) < 4.78 is 15.9. The van der Waals surface area contributed by atoms with Crippen LogP contribution in [0.15, 0.2) is 53.4 Å². The molecule has 0 N–H and O–H groups in total. The summed E-state index contributed by atoms with van der Waals surface area (Å²) in [5.74, 6) is 0.473. The number of esters is 1. The van der Waals surface area contributed by atoms with Crippen molar-refractivity contribution in [2.75, 3.05) is 13.7 Å². The fraction of sp³-hybridized carbons (Fsp3) is 0.263. The second-order valence-corrected chi connectivity index (χ2v) is 5.49. The van der Waals surface area contributed by atoms with Crippen LogP contribution in [-0.2, 0) is 22.4 Å². The van der Waals surface area contributed by atoms with Crippen LogP contribution in [0.1, 0.15) is 17.5 Å². The van der Waals surface area contributed by atoms with Crippen LogP contribution in [0.5, 0.6) is 5.75 Å². The summed E-state index contributed by atoms with van der Waals surface area (Å²) >= 11 is 0. The number of fused-ring (bicyclic) bond motifs is 1. The lowest BCUT2D eigenvalue weighted by Crippen LogP contribution is -2.09. The van der Waals surface area contributed by atoms with Crippen molar-refractivity contribution in [3.8, 4) is 5.75 Å². The number of carbonyl (C=O) groups excluding carboxylic acids is 1. The highest BCUT2D eigenvalue weighted by atomic mass is 16.5. The van der Waals surface area contributed by atoms with E-state index in [0.717, 1.165) is 35.1 Å². The topological polar surface area (TPSA) is 61.6 Å². The van der Waals surface area contributed by atoms with Crippen LogP contribution < -0.4 is 4.74 Å². The summed E-state index contributed by atoms with van der Waals surface area (Å²) in [6.07, 6.45) is 6.99. The van der Waals surface area contributed by atoms with Crippen molar-refractivity contribution < 1.29 is 18.7 Å². The van der Waals surface area contributed by atoms with Crippen molar-refractivity contribution in [2.24, 2.45) is 0 Å². The molecule has 2 heterocycles. The minimum atomic E-state index is -0.250. The van der Waals surface area contributed by atoms with E-state index in [9.17, 15) is 4.79 Å². The van der Waals surface area contributed by atoms with Gasteiger partial charge in [-0.3, -0.25) is 9.78 Å². The van der Waals surface area contributed by atoms with Gasteiger partial charge in [0.05, 0.1) is 26.4 Å². The summed E-state index contributed by atoms with van der Waals surface area (Å²) in [5.41, 5.74) is 2.67. The normalized spacial score (nSPS) is 10.7. The fourth-order valence-corrected chi connectivity index (χ4v) is 2.54. The van der Waals surface area contributed by atoms with Gasteiger partial charge in [-0.25, -0.2) is 0 Å². The lowest BCUT2D eigenvalue weighted by Gasteiger charge is -2.04. The smallest absolute Gasteiger partial charge is 0.310 e. The van der Waals surface area contributed by atoms with Gasteiger partial charge in [-0.2, -0.15) is 0 Å². The Morgan fingerprint density at radius 3 is 3.00 bits per heavy atom. The molecule has 3 rings (SSSR count). The Morgan fingerprint density at radius 1 is 1.29 bits per heavy atom. The summed E-state index contributed by atoms with van der Waals surface area (Å²) in [6, 6.07) is 9.46. The van der Waals surface area contributed by atoms with Gasteiger partial charge in [-0.05, 0) is 36.6 Å². The number of rotatable bonds is 7. The number of pyridine rings is 1. The van der Waals surface area contributed by atoms with E-state index in [-0.39, 0.29) is 12.4 Å². The number of hydrogen-bond donors (Lipinski definition) is 0. The molecule has 3 aromatic rings. The molecule has 5 nitrogen and oxygen atoms in total. The summed E-state index contributed by atoms with van der Waals surface area (Å²) in [6.45, 7) is 0.400. The summed E-state index contributed by atoms with van der Waals surface area (Å²) in [7, 11) is 1.61. The molecule has 0 spiro atoms. The summed E-state index contributed by atoms with van der Waals surface area (Å²) in [5, 5.41) is 0.906. The molecule has 0 aliphatic rings. The first-order valence-electron chi connectivity index (χ1n) is 7.85. The van der Waals surface area contributed by atoms with Crippen LogP contribution in [0, 0.1) is 0 Å². The number of ether oxygens (including phenoxy) is 2. The molecule has 0 radical (unpaired) electrons. The largest absolute Gasteiger partial charge is 0.497 e. The van der Waals surface area contributed by atoms with Crippen LogP contribution >= 0.6 is 0 Å². The van der Waals surface area contributed by atoms with Crippen LogP contribution in [0.3, 0.4) is 0 Å². The van der Waals surface area contributed by atoms with Crippen molar-refractivity contribution in [1.82, 2.24) is 4.98 Å². The molecule has 0 saturated heterocycles. The average molecular weight is 325 g/mol. The van der Waals surface area contributed by atoms with Crippen LogP contribution in [0.25, 0.3) is 11.0 Å². The Morgan fingerprint density at radius 2 is 2.21 bits per heavy atom. The average Bonchev–Trinajstić information content (AvgIpc) is 3.01. The molecule has 0 aliphatic carbocycles. The van der Waals surface area contributed by atoms with Crippen molar-refractivity contribution in [2.45, 2.75) is 19.3 Å². The molecular weight excluding hydrogens is 306 g/mol. The predicted octanol–water partition coefficient (Wildman–Crippen LogP) is 3.55. The zero-order chi connectivity index (χ0) is 16.8. The first-order valence-corrected chi connectivity index (χ1v) is 7.85. The van der Waals surface area contributed by atoms with Gasteiger partial charge in [0.15, 0.2) is 0 Å². The molecule has 0 atom stereocenters. The molecule has 0 amide bonds. The number of benzene rings is 1. The van der Waals surface area contributed by atoms with Crippen LogP contribution in [0.4, 0.5) is 0 Å². The highest BCUT2D eigenvalue weighted by molar-refractivity contribution is 5.86. The van der Waals surface area contributed by atoms with Gasteiger partial charge in [-0.1, -0.05) is 6.07 Å². The second-order valence-electron chi connectivity index (χ2n) is 5.49. The maximum Gasteiger partial charge on any atom is 0.310 e. The van der Waals surface area contributed by atoms with E-state index in [1.165, 1.54) is 0 Å². The van der Waals surface area contributed by atoms with E-state index in [0.29, 0.717) is 12.2 Å². The minimum absolute atomic E-state index is 0.201. The van der Waals surface area contributed by atoms with E-state index >= 15 is 0 Å². The third-order valence-electron chi connectivity index (χ3n) is 3.79. The van der Waals surface area contributed by atoms with Gasteiger partial charge in [0, 0.05) is 29.4 Å². The van der Waals surface area contributed by atoms with Crippen LogP contribution in [-0.4, -0.2) is 24.7 Å². The number of carbonyl (C=O) groups is 1. The molecule has 0 fully saturated rings. The zero-order valence-corrected chi connectivity index (χ0v) is 13.5. The lowest BCUT2D eigenvalue weighted by atomic mass is 10.1. The third-order valence-corrected chi connectivity index (χ3v) is 3.79. The Kier molecular flexibility index (Phi) is 5.11. The number of methoxy groups -OCH3 is 1. The second kappa shape index (κ2) is 7.64.